The Hall–Kier alpha value is -0.610. The van der Waals surface area contributed by atoms with Gasteiger partial charge in [0, 0.05) is 25.1 Å². The highest BCUT2D eigenvalue weighted by atomic mass is 16.2. The molecule has 1 rings (SSSR count). The molecule has 0 spiro atoms. The molecule has 2 atom stereocenters. The van der Waals surface area contributed by atoms with Crippen LogP contribution in [-0.2, 0) is 4.79 Å². The van der Waals surface area contributed by atoms with E-state index in [1.165, 1.54) is 12.8 Å². The van der Waals surface area contributed by atoms with Gasteiger partial charge in [-0.15, -0.1) is 0 Å². The first-order chi connectivity index (χ1) is 7.15. The number of nitrogens with zero attached hydrogens (tertiary/aromatic N) is 1. The summed E-state index contributed by atoms with van der Waals surface area (Å²) in [5.41, 5.74) is 5.25. The summed E-state index contributed by atoms with van der Waals surface area (Å²) in [5.74, 6) is -0.289. The predicted molar refractivity (Wildman–Crippen MR) is 59.3 cm³/mol. The van der Waals surface area contributed by atoms with Gasteiger partial charge >= 0.3 is 0 Å². The van der Waals surface area contributed by atoms with Gasteiger partial charge < -0.3 is 10.8 Å². The fourth-order valence-corrected chi connectivity index (χ4v) is 2.23. The first kappa shape index (κ1) is 12.5. The number of hydrogen-bond acceptors (Lipinski definition) is 3. The third-order valence-electron chi connectivity index (χ3n) is 3.19. The lowest BCUT2D eigenvalue weighted by molar-refractivity contribution is -0.121. The van der Waals surface area contributed by atoms with Crippen LogP contribution in [0.1, 0.15) is 32.6 Å². The Morgan fingerprint density at radius 2 is 2.40 bits per heavy atom. The number of carbonyl (C=O) groups excluding carboxylic acids is 1. The van der Waals surface area contributed by atoms with Gasteiger partial charge in [-0.1, -0.05) is 6.92 Å². The maximum absolute atomic E-state index is 11.0. The summed E-state index contributed by atoms with van der Waals surface area (Å²) in [6, 6.07) is 0.541. The summed E-state index contributed by atoms with van der Waals surface area (Å²) in [6.45, 7) is 3.97. The van der Waals surface area contributed by atoms with Crippen LogP contribution in [0.4, 0.5) is 0 Å². The first-order valence-corrected chi connectivity index (χ1v) is 5.79. The van der Waals surface area contributed by atoms with E-state index in [0.29, 0.717) is 6.04 Å². The van der Waals surface area contributed by atoms with E-state index in [4.69, 9.17) is 10.8 Å². The standard InChI is InChI=1S/C11H22N2O2/c1-9(11(12)15)8-13-6-2-4-10(13)5-3-7-14/h9-10,14H,2-8H2,1H3,(H2,12,15). The van der Waals surface area contributed by atoms with Crippen LogP contribution in [0.2, 0.25) is 0 Å². The molecule has 0 aromatic carbocycles. The van der Waals surface area contributed by atoms with Crippen LogP contribution in [0.15, 0.2) is 0 Å². The SMILES string of the molecule is CC(CN1CCCC1CCCO)C(N)=O. The maximum atomic E-state index is 11.0. The lowest BCUT2D eigenvalue weighted by atomic mass is 10.1. The fourth-order valence-electron chi connectivity index (χ4n) is 2.23. The molecule has 0 aliphatic carbocycles. The van der Waals surface area contributed by atoms with Gasteiger partial charge in [0.05, 0.1) is 0 Å². The van der Waals surface area contributed by atoms with Gasteiger partial charge in [-0.25, -0.2) is 0 Å². The molecular formula is C11H22N2O2. The number of nitrogens with two attached hydrogens (primary N) is 1. The van der Waals surface area contributed by atoms with Crippen molar-refractivity contribution in [1.82, 2.24) is 4.90 Å². The number of rotatable bonds is 6. The molecule has 15 heavy (non-hydrogen) atoms. The monoisotopic (exact) mass is 214 g/mol. The Balaban J connectivity index is 2.35. The number of aliphatic hydroxyl groups excluding tert-OH is 1. The average Bonchev–Trinajstić information content (AvgIpc) is 2.62. The fraction of sp³-hybridized carbons (Fsp3) is 0.909. The molecule has 0 radical (unpaired) electrons. The predicted octanol–water partition coefficient (Wildman–Crippen LogP) is 0.345. The Bertz CT molecular complexity index is 209. The van der Waals surface area contributed by atoms with Gasteiger partial charge in [0.1, 0.15) is 0 Å². The number of primary amides is 1. The van der Waals surface area contributed by atoms with Crippen molar-refractivity contribution in [3.05, 3.63) is 0 Å². The zero-order chi connectivity index (χ0) is 11.3. The minimum Gasteiger partial charge on any atom is -0.396 e. The lowest BCUT2D eigenvalue weighted by Crippen LogP contribution is -2.37. The van der Waals surface area contributed by atoms with E-state index >= 15 is 0 Å². The van der Waals surface area contributed by atoms with Gasteiger partial charge in [0.2, 0.25) is 5.91 Å². The molecule has 1 saturated heterocycles. The van der Waals surface area contributed by atoms with Crippen LogP contribution in [0.5, 0.6) is 0 Å². The van der Waals surface area contributed by atoms with Crippen molar-refractivity contribution < 1.29 is 9.90 Å². The highest BCUT2D eigenvalue weighted by Crippen LogP contribution is 2.22. The van der Waals surface area contributed by atoms with Crippen molar-refractivity contribution in [3.63, 3.8) is 0 Å². The number of aliphatic hydroxyl groups is 1. The zero-order valence-corrected chi connectivity index (χ0v) is 9.48. The first-order valence-electron chi connectivity index (χ1n) is 5.79. The molecule has 1 amide bonds. The van der Waals surface area contributed by atoms with E-state index in [9.17, 15) is 4.79 Å². The quantitative estimate of drug-likeness (QED) is 0.670. The van der Waals surface area contributed by atoms with Crippen molar-refractivity contribution in [3.8, 4) is 0 Å². The molecule has 4 nitrogen and oxygen atoms in total. The van der Waals surface area contributed by atoms with Gasteiger partial charge in [-0.3, -0.25) is 9.69 Å². The van der Waals surface area contributed by atoms with Gasteiger partial charge in [-0.2, -0.15) is 0 Å². The average molecular weight is 214 g/mol. The van der Waals surface area contributed by atoms with Crippen molar-refractivity contribution in [2.24, 2.45) is 11.7 Å². The van der Waals surface area contributed by atoms with E-state index < -0.39 is 0 Å². The number of amides is 1. The second-order valence-corrected chi connectivity index (χ2v) is 4.46. The number of likely N-dealkylation sites (tertiary alicyclic amines) is 1. The van der Waals surface area contributed by atoms with E-state index in [0.717, 1.165) is 25.9 Å². The third-order valence-corrected chi connectivity index (χ3v) is 3.19. The Labute approximate surface area is 91.4 Å². The summed E-state index contributed by atoms with van der Waals surface area (Å²) in [6.07, 6.45) is 4.27. The number of carbonyl (C=O) groups is 1. The summed E-state index contributed by atoms with van der Waals surface area (Å²) in [7, 11) is 0. The molecule has 2 unspecified atom stereocenters. The van der Waals surface area contributed by atoms with Gasteiger partial charge in [0.15, 0.2) is 0 Å². The van der Waals surface area contributed by atoms with Crippen LogP contribution in [0.25, 0.3) is 0 Å². The zero-order valence-electron chi connectivity index (χ0n) is 9.48. The minimum atomic E-state index is -0.220. The molecular weight excluding hydrogens is 192 g/mol. The largest absolute Gasteiger partial charge is 0.396 e. The molecule has 1 fully saturated rings. The van der Waals surface area contributed by atoms with Crippen LogP contribution in [-0.4, -0.2) is 41.7 Å². The molecule has 0 bridgehead atoms. The normalized spacial score (nSPS) is 24.3. The maximum Gasteiger partial charge on any atom is 0.221 e. The van der Waals surface area contributed by atoms with Crippen molar-refractivity contribution >= 4 is 5.91 Å². The summed E-state index contributed by atoms with van der Waals surface area (Å²) >= 11 is 0. The highest BCUT2D eigenvalue weighted by molar-refractivity contribution is 5.76. The second kappa shape index (κ2) is 6.08. The van der Waals surface area contributed by atoms with Crippen LogP contribution >= 0.6 is 0 Å². The Morgan fingerprint density at radius 1 is 1.67 bits per heavy atom. The summed E-state index contributed by atoms with van der Waals surface area (Å²) < 4.78 is 0. The van der Waals surface area contributed by atoms with Crippen molar-refractivity contribution in [2.45, 2.75) is 38.6 Å². The van der Waals surface area contributed by atoms with E-state index in [-0.39, 0.29) is 18.4 Å². The summed E-state index contributed by atoms with van der Waals surface area (Å²) in [4.78, 5) is 13.3. The molecule has 3 N–H and O–H groups in total. The third kappa shape index (κ3) is 3.80. The highest BCUT2D eigenvalue weighted by Gasteiger charge is 2.26. The molecule has 1 aliphatic rings. The van der Waals surface area contributed by atoms with Crippen molar-refractivity contribution in [2.75, 3.05) is 19.7 Å². The molecule has 1 heterocycles. The smallest absolute Gasteiger partial charge is 0.221 e. The lowest BCUT2D eigenvalue weighted by Gasteiger charge is -2.26. The molecule has 0 aromatic rings. The van der Waals surface area contributed by atoms with Crippen molar-refractivity contribution in [1.29, 1.82) is 0 Å². The van der Waals surface area contributed by atoms with Crippen LogP contribution in [0, 0.1) is 5.92 Å². The van der Waals surface area contributed by atoms with E-state index in [1.807, 2.05) is 6.92 Å². The number of hydrogen-bond donors (Lipinski definition) is 2. The van der Waals surface area contributed by atoms with Crippen LogP contribution in [0.3, 0.4) is 0 Å². The Kier molecular flexibility index (Phi) is 5.05. The van der Waals surface area contributed by atoms with Crippen LogP contribution < -0.4 is 5.73 Å². The van der Waals surface area contributed by atoms with Gasteiger partial charge in [0.25, 0.3) is 0 Å². The van der Waals surface area contributed by atoms with Gasteiger partial charge in [-0.05, 0) is 32.2 Å². The molecule has 4 heteroatoms. The second-order valence-electron chi connectivity index (χ2n) is 4.46. The molecule has 1 aliphatic heterocycles. The topological polar surface area (TPSA) is 66.6 Å². The molecule has 0 saturated carbocycles. The van der Waals surface area contributed by atoms with E-state index in [1.54, 1.807) is 0 Å². The molecule has 0 aromatic heterocycles. The van der Waals surface area contributed by atoms with E-state index in [2.05, 4.69) is 4.90 Å². The molecule has 88 valence electrons. The summed E-state index contributed by atoms with van der Waals surface area (Å²) in [5, 5.41) is 8.79. The Morgan fingerprint density at radius 3 is 3.00 bits per heavy atom. The minimum absolute atomic E-state index is 0.0697.